The lowest BCUT2D eigenvalue weighted by molar-refractivity contribution is 0.243. The van der Waals surface area contributed by atoms with E-state index in [0.717, 1.165) is 29.8 Å². The van der Waals surface area contributed by atoms with Crippen molar-refractivity contribution in [1.82, 2.24) is 24.2 Å². The number of ether oxygens (including phenoxy) is 1. The molecule has 0 aliphatic heterocycles. The fourth-order valence-corrected chi connectivity index (χ4v) is 3.60. The van der Waals surface area contributed by atoms with Crippen LogP contribution in [0.5, 0.6) is 5.75 Å². The standard InChI is InChI=1S/C20H22FN5OS/c1-24(12-14-5-8-18(27-2)17(21)10-14)13-25-20(28)26(16-6-7-16)19(23-25)15-4-3-9-22-11-15/h3-5,8-11,16H,6-7,12-13H2,1-2H3. The Balaban J connectivity index is 1.56. The summed E-state index contributed by atoms with van der Waals surface area (Å²) in [5.41, 5.74) is 1.82. The maximum Gasteiger partial charge on any atom is 0.199 e. The van der Waals surface area contributed by atoms with Crippen LogP contribution in [-0.2, 0) is 13.2 Å². The fraction of sp³-hybridized carbons (Fsp3) is 0.350. The fourth-order valence-electron chi connectivity index (χ4n) is 3.26. The maximum absolute atomic E-state index is 13.9. The Morgan fingerprint density at radius 1 is 1.32 bits per heavy atom. The molecule has 1 aliphatic rings. The second-order valence-electron chi connectivity index (χ2n) is 7.07. The van der Waals surface area contributed by atoms with E-state index < -0.39 is 0 Å². The lowest BCUT2D eigenvalue weighted by Gasteiger charge is -2.17. The van der Waals surface area contributed by atoms with E-state index in [4.69, 9.17) is 22.1 Å². The third-order valence-electron chi connectivity index (χ3n) is 4.75. The summed E-state index contributed by atoms with van der Waals surface area (Å²) in [6, 6.07) is 9.32. The van der Waals surface area contributed by atoms with Gasteiger partial charge in [0.2, 0.25) is 0 Å². The van der Waals surface area contributed by atoms with Crippen molar-refractivity contribution >= 4 is 12.2 Å². The monoisotopic (exact) mass is 399 g/mol. The Morgan fingerprint density at radius 2 is 2.14 bits per heavy atom. The van der Waals surface area contributed by atoms with Crippen molar-refractivity contribution in [3.63, 3.8) is 0 Å². The molecule has 4 rings (SSSR count). The predicted octanol–water partition coefficient (Wildman–Crippen LogP) is 4.05. The molecule has 0 radical (unpaired) electrons. The van der Waals surface area contributed by atoms with E-state index in [0.29, 0.717) is 24.0 Å². The number of hydrogen-bond donors (Lipinski definition) is 0. The van der Waals surface area contributed by atoms with Crippen molar-refractivity contribution in [3.05, 3.63) is 58.9 Å². The zero-order chi connectivity index (χ0) is 19.7. The van der Waals surface area contributed by atoms with Gasteiger partial charge in [-0.1, -0.05) is 6.07 Å². The van der Waals surface area contributed by atoms with E-state index >= 15 is 0 Å². The maximum atomic E-state index is 13.9. The van der Waals surface area contributed by atoms with Crippen molar-refractivity contribution in [1.29, 1.82) is 0 Å². The van der Waals surface area contributed by atoms with Crippen LogP contribution in [0.3, 0.4) is 0 Å². The minimum absolute atomic E-state index is 0.248. The van der Waals surface area contributed by atoms with Crippen molar-refractivity contribution in [2.24, 2.45) is 0 Å². The van der Waals surface area contributed by atoms with Crippen LogP contribution in [0.1, 0.15) is 24.4 Å². The minimum atomic E-state index is -0.359. The van der Waals surface area contributed by atoms with E-state index in [1.807, 2.05) is 41.0 Å². The number of halogens is 1. The minimum Gasteiger partial charge on any atom is -0.494 e. The van der Waals surface area contributed by atoms with Crippen LogP contribution in [0, 0.1) is 10.6 Å². The van der Waals surface area contributed by atoms with E-state index in [1.165, 1.54) is 13.2 Å². The van der Waals surface area contributed by atoms with Gasteiger partial charge in [0.25, 0.3) is 0 Å². The second kappa shape index (κ2) is 7.81. The molecule has 1 fully saturated rings. The SMILES string of the molecule is COc1ccc(CN(C)Cn2nc(-c3cccnc3)n(C3CC3)c2=S)cc1F. The number of pyridine rings is 1. The van der Waals surface area contributed by atoms with Crippen molar-refractivity contribution in [3.8, 4) is 17.1 Å². The molecule has 1 aliphatic carbocycles. The summed E-state index contributed by atoms with van der Waals surface area (Å²) in [7, 11) is 3.42. The number of rotatable bonds is 7. The van der Waals surface area contributed by atoms with Gasteiger partial charge in [-0.05, 0) is 61.9 Å². The molecule has 146 valence electrons. The molecule has 3 aromatic rings. The molecule has 0 saturated heterocycles. The van der Waals surface area contributed by atoms with E-state index in [2.05, 4.69) is 9.55 Å². The smallest absolute Gasteiger partial charge is 0.199 e. The van der Waals surface area contributed by atoms with Gasteiger partial charge in [0, 0.05) is 30.5 Å². The summed E-state index contributed by atoms with van der Waals surface area (Å²) >= 11 is 5.71. The highest BCUT2D eigenvalue weighted by Gasteiger charge is 2.29. The van der Waals surface area contributed by atoms with Gasteiger partial charge >= 0.3 is 0 Å². The molecule has 2 heterocycles. The van der Waals surface area contributed by atoms with Gasteiger partial charge in [-0.3, -0.25) is 14.5 Å². The molecule has 2 aromatic heterocycles. The van der Waals surface area contributed by atoms with Crippen LogP contribution in [0.4, 0.5) is 4.39 Å². The predicted molar refractivity (Wildman–Crippen MR) is 107 cm³/mol. The van der Waals surface area contributed by atoms with Gasteiger partial charge in [0.1, 0.15) is 0 Å². The summed E-state index contributed by atoms with van der Waals surface area (Å²) in [5.74, 6) is 0.740. The number of benzene rings is 1. The first-order valence-corrected chi connectivity index (χ1v) is 9.58. The van der Waals surface area contributed by atoms with Crippen molar-refractivity contribution < 1.29 is 9.13 Å². The molecule has 0 spiro atoms. The summed E-state index contributed by atoms with van der Waals surface area (Å²) in [5, 5.41) is 4.77. The Labute approximate surface area is 168 Å². The number of nitrogens with zero attached hydrogens (tertiary/aromatic N) is 5. The number of aromatic nitrogens is 4. The van der Waals surface area contributed by atoms with Crippen LogP contribution in [0.2, 0.25) is 0 Å². The first-order valence-electron chi connectivity index (χ1n) is 9.17. The lowest BCUT2D eigenvalue weighted by atomic mass is 10.2. The van der Waals surface area contributed by atoms with Gasteiger partial charge in [-0.25, -0.2) is 9.07 Å². The summed E-state index contributed by atoms with van der Waals surface area (Å²) in [4.78, 5) is 6.26. The van der Waals surface area contributed by atoms with E-state index in [9.17, 15) is 4.39 Å². The Kier molecular flexibility index (Phi) is 5.23. The van der Waals surface area contributed by atoms with Gasteiger partial charge in [0.15, 0.2) is 22.2 Å². The van der Waals surface area contributed by atoms with Gasteiger partial charge in [-0.2, -0.15) is 5.10 Å². The van der Waals surface area contributed by atoms with Gasteiger partial charge in [-0.15, -0.1) is 0 Å². The Hall–Kier alpha value is -2.58. The molecule has 0 unspecified atom stereocenters. The summed E-state index contributed by atoms with van der Waals surface area (Å²) in [6.07, 6.45) is 5.80. The third kappa shape index (κ3) is 3.83. The number of hydrogen-bond acceptors (Lipinski definition) is 5. The zero-order valence-electron chi connectivity index (χ0n) is 15.9. The molecular weight excluding hydrogens is 377 g/mol. The van der Waals surface area contributed by atoms with Crippen LogP contribution >= 0.6 is 12.2 Å². The second-order valence-corrected chi connectivity index (χ2v) is 7.44. The van der Waals surface area contributed by atoms with Gasteiger partial charge in [0.05, 0.1) is 13.8 Å². The molecule has 0 atom stereocenters. The zero-order valence-corrected chi connectivity index (χ0v) is 16.7. The molecule has 1 aromatic carbocycles. The molecule has 0 N–H and O–H groups in total. The third-order valence-corrected chi connectivity index (χ3v) is 5.15. The van der Waals surface area contributed by atoms with Crippen molar-refractivity contribution in [2.75, 3.05) is 14.2 Å². The topological polar surface area (TPSA) is 48.1 Å². The Bertz CT molecular complexity index is 1030. The first kappa shape index (κ1) is 18.8. The molecule has 6 nitrogen and oxygen atoms in total. The molecule has 0 bridgehead atoms. The van der Waals surface area contributed by atoms with Gasteiger partial charge < -0.3 is 4.74 Å². The average Bonchev–Trinajstić information content (AvgIpc) is 3.47. The average molecular weight is 399 g/mol. The summed E-state index contributed by atoms with van der Waals surface area (Å²) in [6.45, 7) is 1.08. The van der Waals surface area contributed by atoms with E-state index in [1.54, 1.807) is 12.3 Å². The van der Waals surface area contributed by atoms with Crippen molar-refractivity contribution in [2.45, 2.75) is 32.1 Å². The Morgan fingerprint density at radius 3 is 2.79 bits per heavy atom. The largest absolute Gasteiger partial charge is 0.494 e. The molecule has 0 amide bonds. The molecule has 28 heavy (non-hydrogen) atoms. The van der Waals surface area contributed by atoms with Crippen LogP contribution in [0.25, 0.3) is 11.4 Å². The summed E-state index contributed by atoms with van der Waals surface area (Å²) < 4.78 is 23.6. The molecule has 8 heteroatoms. The van der Waals surface area contributed by atoms with Crippen LogP contribution in [-0.4, -0.2) is 38.4 Å². The van der Waals surface area contributed by atoms with Crippen LogP contribution in [0.15, 0.2) is 42.7 Å². The highest BCUT2D eigenvalue weighted by atomic mass is 32.1. The first-order chi connectivity index (χ1) is 13.6. The highest BCUT2D eigenvalue weighted by molar-refractivity contribution is 7.71. The number of methoxy groups -OCH3 is 1. The normalized spacial score (nSPS) is 13.9. The molecule has 1 saturated carbocycles. The van der Waals surface area contributed by atoms with Crippen LogP contribution < -0.4 is 4.74 Å². The lowest BCUT2D eigenvalue weighted by Crippen LogP contribution is -2.22. The highest BCUT2D eigenvalue weighted by Crippen LogP contribution is 2.38. The molecular formula is C20H22FN5OS. The van der Waals surface area contributed by atoms with E-state index in [-0.39, 0.29) is 11.6 Å². The quantitative estimate of drug-likeness (QED) is 0.561.